The van der Waals surface area contributed by atoms with Crippen LogP contribution >= 0.6 is 0 Å². The van der Waals surface area contributed by atoms with Gasteiger partial charge in [-0.25, -0.2) is 0 Å². The lowest BCUT2D eigenvalue weighted by Crippen LogP contribution is -2.61. The monoisotopic (exact) mass is 288 g/mol. The van der Waals surface area contributed by atoms with Gasteiger partial charge in [0.2, 0.25) is 0 Å². The summed E-state index contributed by atoms with van der Waals surface area (Å²) in [6, 6.07) is 12.3. The molecule has 1 aromatic carbocycles. The molecular formula is C16H20N2O3. The van der Waals surface area contributed by atoms with E-state index in [1.165, 1.54) is 5.56 Å². The Bertz CT molecular complexity index is 564. The predicted molar refractivity (Wildman–Crippen MR) is 77.8 cm³/mol. The van der Waals surface area contributed by atoms with Gasteiger partial charge in [0.1, 0.15) is 6.61 Å². The maximum absolute atomic E-state index is 5.41. The van der Waals surface area contributed by atoms with Gasteiger partial charge >= 0.3 is 0 Å². The van der Waals surface area contributed by atoms with Crippen LogP contribution in [-0.2, 0) is 29.0 Å². The van der Waals surface area contributed by atoms with Crippen molar-refractivity contribution < 1.29 is 14.0 Å². The smallest absolute Gasteiger partial charge is 0.162 e. The molecule has 2 heterocycles. The molecule has 0 radical (unpaired) electrons. The summed E-state index contributed by atoms with van der Waals surface area (Å²) < 4.78 is 15.7. The molecule has 1 aliphatic rings. The lowest BCUT2D eigenvalue weighted by molar-refractivity contribution is -0.0755. The van der Waals surface area contributed by atoms with Crippen LogP contribution in [0.2, 0.25) is 0 Å². The lowest BCUT2D eigenvalue weighted by Gasteiger charge is -2.42. The summed E-state index contributed by atoms with van der Waals surface area (Å²) in [6.45, 7) is 2.68. The Balaban J connectivity index is 1.60. The first-order valence-corrected chi connectivity index (χ1v) is 7.10. The van der Waals surface area contributed by atoms with Crippen molar-refractivity contribution in [1.29, 1.82) is 0 Å². The number of hydrogen-bond acceptors (Lipinski definition) is 5. The number of benzene rings is 1. The van der Waals surface area contributed by atoms with E-state index >= 15 is 0 Å². The minimum Gasteiger partial charge on any atom is -0.377 e. The molecule has 3 rings (SSSR count). The van der Waals surface area contributed by atoms with Crippen LogP contribution in [0.25, 0.3) is 0 Å². The van der Waals surface area contributed by atoms with E-state index < -0.39 is 0 Å². The fourth-order valence-corrected chi connectivity index (χ4v) is 2.50. The number of hydrogen-bond donors (Lipinski definition) is 1. The SMILES string of the molecule is COCc1cc(CC2(NCc3ccccc3)COC2)no1. The normalized spacial score (nSPS) is 16.6. The Kier molecular flexibility index (Phi) is 4.34. The Hall–Kier alpha value is -1.69. The van der Waals surface area contributed by atoms with Gasteiger partial charge in [-0.3, -0.25) is 0 Å². The van der Waals surface area contributed by atoms with Gasteiger partial charge in [-0.1, -0.05) is 35.5 Å². The van der Waals surface area contributed by atoms with Crippen molar-refractivity contribution in [2.45, 2.75) is 25.1 Å². The quantitative estimate of drug-likeness (QED) is 0.843. The van der Waals surface area contributed by atoms with E-state index in [1.807, 2.05) is 12.1 Å². The summed E-state index contributed by atoms with van der Waals surface area (Å²) in [7, 11) is 1.64. The number of rotatable bonds is 7. The van der Waals surface area contributed by atoms with Crippen molar-refractivity contribution >= 4 is 0 Å². The van der Waals surface area contributed by atoms with Gasteiger partial charge in [0.15, 0.2) is 5.76 Å². The van der Waals surface area contributed by atoms with Gasteiger partial charge in [-0.2, -0.15) is 0 Å². The van der Waals surface area contributed by atoms with Crippen LogP contribution in [0.1, 0.15) is 17.0 Å². The zero-order valence-corrected chi connectivity index (χ0v) is 12.2. The third-order valence-corrected chi connectivity index (χ3v) is 3.68. The van der Waals surface area contributed by atoms with E-state index in [9.17, 15) is 0 Å². The predicted octanol–water partition coefficient (Wildman–Crippen LogP) is 1.92. The average molecular weight is 288 g/mol. The molecule has 1 aromatic heterocycles. The minimum atomic E-state index is -0.0446. The van der Waals surface area contributed by atoms with Gasteiger partial charge in [0.05, 0.1) is 24.4 Å². The molecule has 1 saturated heterocycles. The molecule has 0 bridgehead atoms. The van der Waals surface area contributed by atoms with E-state index in [0.29, 0.717) is 19.8 Å². The molecule has 5 heteroatoms. The zero-order valence-electron chi connectivity index (χ0n) is 12.2. The number of aromatic nitrogens is 1. The Morgan fingerprint density at radius 3 is 2.76 bits per heavy atom. The molecule has 1 fully saturated rings. The molecule has 2 aromatic rings. The van der Waals surface area contributed by atoms with Crippen LogP contribution in [0.5, 0.6) is 0 Å². The molecule has 1 aliphatic heterocycles. The largest absolute Gasteiger partial charge is 0.377 e. The van der Waals surface area contributed by atoms with E-state index in [1.54, 1.807) is 7.11 Å². The number of methoxy groups -OCH3 is 1. The second kappa shape index (κ2) is 6.39. The van der Waals surface area contributed by atoms with Crippen LogP contribution in [0, 0.1) is 0 Å². The molecule has 21 heavy (non-hydrogen) atoms. The number of ether oxygens (including phenoxy) is 2. The van der Waals surface area contributed by atoms with Gasteiger partial charge in [-0.15, -0.1) is 0 Å². The van der Waals surface area contributed by atoms with E-state index in [2.05, 4.69) is 34.7 Å². The number of nitrogens with zero attached hydrogens (tertiary/aromatic N) is 1. The van der Waals surface area contributed by atoms with Crippen molar-refractivity contribution in [1.82, 2.24) is 10.5 Å². The Morgan fingerprint density at radius 2 is 2.10 bits per heavy atom. The summed E-state index contributed by atoms with van der Waals surface area (Å²) in [5, 5.41) is 7.71. The van der Waals surface area contributed by atoms with E-state index in [0.717, 1.165) is 24.4 Å². The topological polar surface area (TPSA) is 56.5 Å². The molecule has 0 saturated carbocycles. The highest BCUT2D eigenvalue weighted by Crippen LogP contribution is 2.23. The molecule has 112 valence electrons. The van der Waals surface area contributed by atoms with Crippen LogP contribution in [0.3, 0.4) is 0 Å². The van der Waals surface area contributed by atoms with Crippen molar-refractivity contribution in [3.05, 3.63) is 53.4 Å². The first-order valence-electron chi connectivity index (χ1n) is 7.10. The molecule has 0 atom stereocenters. The fourth-order valence-electron chi connectivity index (χ4n) is 2.50. The van der Waals surface area contributed by atoms with Gasteiger partial charge in [-0.05, 0) is 5.56 Å². The summed E-state index contributed by atoms with van der Waals surface area (Å²) in [4.78, 5) is 0. The van der Waals surface area contributed by atoms with Gasteiger partial charge in [0.25, 0.3) is 0 Å². The third kappa shape index (κ3) is 3.50. The van der Waals surface area contributed by atoms with Crippen molar-refractivity contribution in [2.75, 3.05) is 20.3 Å². The molecule has 1 N–H and O–H groups in total. The standard InChI is InChI=1S/C16H20N2O3/c1-19-10-15-7-14(18-21-15)8-16(11-20-12-16)17-9-13-5-3-2-4-6-13/h2-7,17H,8-12H2,1H3. The van der Waals surface area contributed by atoms with E-state index in [4.69, 9.17) is 14.0 Å². The number of nitrogens with one attached hydrogen (secondary N) is 1. The third-order valence-electron chi connectivity index (χ3n) is 3.68. The first kappa shape index (κ1) is 14.3. The van der Waals surface area contributed by atoms with Crippen molar-refractivity contribution in [3.63, 3.8) is 0 Å². The molecular weight excluding hydrogens is 268 g/mol. The zero-order chi connectivity index (χ0) is 14.5. The van der Waals surface area contributed by atoms with Crippen LogP contribution in [-0.4, -0.2) is 31.0 Å². The van der Waals surface area contributed by atoms with Crippen LogP contribution in [0.4, 0.5) is 0 Å². The first-order chi connectivity index (χ1) is 10.3. The highest BCUT2D eigenvalue weighted by molar-refractivity contribution is 5.16. The molecule has 0 unspecified atom stereocenters. The lowest BCUT2D eigenvalue weighted by atomic mass is 9.91. The summed E-state index contributed by atoms with van der Waals surface area (Å²) >= 11 is 0. The maximum Gasteiger partial charge on any atom is 0.162 e. The molecule has 0 amide bonds. The second-order valence-electron chi connectivity index (χ2n) is 5.51. The Labute approximate surface area is 124 Å². The minimum absolute atomic E-state index is 0.0446. The highest BCUT2D eigenvalue weighted by Gasteiger charge is 2.39. The second-order valence-corrected chi connectivity index (χ2v) is 5.51. The van der Waals surface area contributed by atoms with Crippen molar-refractivity contribution in [2.24, 2.45) is 0 Å². The molecule has 0 aliphatic carbocycles. The Morgan fingerprint density at radius 1 is 1.29 bits per heavy atom. The summed E-state index contributed by atoms with van der Waals surface area (Å²) in [6.07, 6.45) is 0.799. The van der Waals surface area contributed by atoms with Gasteiger partial charge < -0.3 is 19.3 Å². The highest BCUT2D eigenvalue weighted by atomic mass is 16.5. The summed E-state index contributed by atoms with van der Waals surface area (Å²) in [5.41, 5.74) is 2.16. The average Bonchev–Trinajstić information content (AvgIpc) is 2.90. The fraction of sp³-hybridized carbons (Fsp3) is 0.438. The van der Waals surface area contributed by atoms with Gasteiger partial charge in [0, 0.05) is 26.1 Å². The van der Waals surface area contributed by atoms with Crippen LogP contribution in [0.15, 0.2) is 40.9 Å². The molecule has 0 spiro atoms. The molecule has 5 nitrogen and oxygen atoms in total. The van der Waals surface area contributed by atoms with Crippen molar-refractivity contribution in [3.8, 4) is 0 Å². The summed E-state index contributed by atoms with van der Waals surface area (Å²) in [5.74, 6) is 0.756. The van der Waals surface area contributed by atoms with Crippen LogP contribution < -0.4 is 5.32 Å². The van der Waals surface area contributed by atoms with E-state index in [-0.39, 0.29) is 5.54 Å². The maximum atomic E-state index is 5.41.